The third kappa shape index (κ3) is 3.18. The Kier molecular flexibility index (Phi) is 4.54. The summed E-state index contributed by atoms with van der Waals surface area (Å²) in [6, 6.07) is 35.3. The lowest BCUT2D eigenvalue weighted by molar-refractivity contribution is 1.03. The summed E-state index contributed by atoms with van der Waals surface area (Å²) >= 11 is 0. The summed E-state index contributed by atoms with van der Waals surface area (Å²) in [6.07, 6.45) is 6.90. The summed E-state index contributed by atoms with van der Waals surface area (Å²) in [5.74, 6) is 0. The molecule has 5 aromatic rings. The lowest BCUT2D eigenvalue weighted by atomic mass is 9.92. The predicted molar refractivity (Wildman–Crippen MR) is 137 cm³/mol. The van der Waals surface area contributed by atoms with Gasteiger partial charge < -0.3 is 4.57 Å². The fraction of sp³-hybridized carbons (Fsp3) is 0.0968. The van der Waals surface area contributed by atoms with Crippen LogP contribution in [0.5, 0.6) is 0 Å². The molecule has 4 aromatic carbocycles. The molecule has 1 heterocycles. The highest BCUT2D eigenvalue weighted by Crippen LogP contribution is 2.36. The minimum Gasteiger partial charge on any atom is -0.309 e. The van der Waals surface area contributed by atoms with Crippen LogP contribution in [-0.2, 0) is 0 Å². The number of allylic oxidation sites excluding steroid dienone is 4. The van der Waals surface area contributed by atoms with Crippen molar-refractivity contribution < 1.29 is 0 Å². The number of hydrogen-bond acceptors (Lipinski definition) is 0. The molecule has 0 saturated carbocycles. The second-order valence-electron chi connectivity index (χ2n) is 8.66. The minimum absolute atomic E-state index is 1.12. The van der Waals surface area contributed by atoms with Crippen LogP contribution in [0.3, 0.4) is 0 Å². The Hall–Kier alpha value is -3.84. The van der Waals surface area contributed by atoms with Crippen LogP contribution in [0.2, 0.25) is 0 Å². The number of rotatable bonds is 3. The molecule has 0 spiro atoms. The van der Waals surface area contributed by atoms with Gasteiger partial charge in [-0.1, -0.05) is 78.4 Å². The van der Waals surface area contributed by atoms with Crippen LogP contribution in [0.15, 0.2) is 115 Å². The maximum Gasteiger partial charge on any atom is 0.0541 e. The summed E-state index contributed by atoms with van der Waals surface area (Å²) in [5, 5.41) is 2.59. The molecule has 0 unspecified atom stereocenters. The molecule has 0 atom stereocenters. The summed E-state index contributed by atoms with van der Waals surface area (Å²) in [5.41, 5.74) is 10.4. The number of benzene rings is 4. The lowest BCUT2D eigenvalue weighted by Crippen LogP contribution is -1.93. The van der Waals surface area contributed by atoms with Gasteiger partial charge in [0.2, 0.25) is 0 Å². The molecule has 1 nitrogen and oxygen atoms in total. The molecular formula is C31H25N. The second kappa shape index (κ2) is 7.69. The van der Waals surface area contributed by atoms with Gasteiger partial charge >= 0.3 is 0 Å². The van der Waals surface area contributed by atoms with E-state index in [0.717, 1.165) is 12.8 Å². The number of nitrogens with zero attached hydrogens (tertiary/aromatic N) is 1. The normalized spacial score (nSPS) is 13.9. The Balaban J connectivity index is 1.52. The molecule has 0 radical (unpaired) electrons. The SMILES string of the molecule is CC1=CCCC(c2cccc(-c3ccc4c(c3)c3ccccc3n4-c3ccccc3)c2)=C1. The first-order valence-electron chi connectivity index (χ1n) is 11.3. The first-order chi connectivity index (χ1) is 15.8. The fourth-order valence-corrected chi connectivity index (χ4v) is 5.00. The Morgan fingerprint density at radius 3 is 2.25 bits per heavy atom. The van der Waals surface area contributed by atoms with E-state index >= 15 is 0 Å². The minimum atomic E-state index is 1.12. The van der Waals surface area contributed by atoms with E-state index in [-0.39, 0.29) is 0 Å². The molecule has 0 fully saturated rings. The molecule has 1 aliphatic carbocycles. The Bertz CT molecular complexity index is 1510. The molecule has 0 saturated heterocycles. The van der Waals surface area contributed by atoms with Crippen LogP contribution in [0, 0.1) is 0 Å². The number of aromatic nitrogens is 1. The quantitative estimate of drug-likeness (QED) is 0.280. The zero-order valence-electron chi connectivity index (χ0n) is 18.3. The highest BCUT2D eigenvalue weighted by molar-refractivity contribution is 6.10. The zero-order chi connectivity index (χ0) is 21.5. The van der Waals surface area contributed by atoms with Gasteiger partial charge in [0.15, 0.2) is 0 Å². The summed E-state index contributed by atoms with van der Waals surface area (Å²) in [7, 11) is 0. The zero-order valence-corrected chi connectivity index (χ0v) is 18.3. The van der Waals surface area contributed by atoms with Gasteiger partial charge in [0.05, 0.1) is 11.0 Å². The van der Waals surface area contributed by atoms with Gasteiger partial charge in [-0.15, -0.1) is 0 Å². The number of para-hydroxylation sites is 2. The van der Waals surface area contributed by atoms with Gasteiger partial charge in [0.1, 0.15) is 0 Å². The standard InChI is InChI=1S/C31H25N/c1-22-9-7-10-23(19-22)24-11-8-12-25(20-24)26-17-18-31-29(21-26)28-15-5-6-16-30(28)32(31)27-13-3-2-4-14-27/h2-6,8-9,11-21H,7,10H2,1H3. The molecule has 0 amide bonds. The second-order valence-corrected chi connectivity index (χ2v) is 8.66. The fourth-order valence-electron chi connectivity index (χ4n) is 5.00. The molecule has 0 N–H and O–H groups in total. The van der Waals surface area contributed by atoms with E-state index in [4.69, 9.17) is 0 Å². The highest BCUT2D eigenvalue weighted by Gasteiger charge is 2.13. The van der Waals surface area contributed by atoms with E-state index in [2.05, 4.69) is 121 Å². The van der Waals surface area contributed by atoms with Gasteiger partial charge in [0, 0.05) is 16.5 Å². The van der Waals surface area contributed by atoms with Crippen molar-refractivity contribution in [3.8, 4) is 16.8 Å². The third-order valence-corrected chi connectivity index (χ3v) is 6.54. The first-order valence-corrected chi connectivity index (χ1v) is 11.3. The maximum absolute atomic E-state index is 2.37. The van der Waals surface area contributed by atoms with Crippen molar-refractivity contribution in [1.29, 1.82) is 0 Å². The summed E-state index contributed by atoms with van der Waals surface area (Å²) in [4.78, 5) is 0. The van der Waals surface area contributed by atoms with E-state index in [1.807, 2.05) is 0 Å². The van der Waals surface area contributed by atoms with Crippen LogP contribution in [0.25, 0.3) is 44.2 Å². The molecule has 6 rings (SSSR count). The Morgan fingerprint density at radius 1 is 0.625 bits per heavy atom. The average Bonchev–Trinajstić information content (AvgIpc) is 3.18. The Labute approximate surface area is 188 Å². The number of fused-ring (bicyclic) bond motifs is 3. The van der Waals surface area contributed by atoms with Crippen molar-refractivity contribution >= 4 is 27.4 Å². The molecule has 32 heavy (non-hydrogen) atoms. The van der Waals surface area contributed by atoms with Crippen molar-refractivity contribution in [2.45, 2.75) is 19.8 Å². The first kappa shape index (κ1) is 18.9. The van der Waals surface area contributed by atoms with E-state index in [1.54, 1.807) is 0 Å². The lowest BCUT2D eigenvalue weighted by Gasteiger charge is -2.13. The molecule has 154 valence electrons. The van der Waals surface area contributed by atoms with Crippen molar-refractivity contribution in [3.63, 3.8) is 0 Å². The molecule has 1 heteroatoms. The predicted octanol–water partition coefficient (Wildman–Crippen LogP) is 8.57. The third-order valence-electron chi connectivity index (χ3n) is 6.54. The van der Waals surface area contributed by atoms with Crippen LogP contribution < -0.4 is 0 Å². The van der Waals surface area contributed by atoms with Crippen LogP contribution in [0.1, 0.15) is 25.3 Å². The van der Waals surface area contributed by atoms with Gasteiger partial charge in [-0.2, -0.15) is 0 Å². The van der Waals surface area contributed by atoms with E-state index in [9.17, 15) is 0 Å². The topological polar surface area (TPSA) is 4.93 Å². The van der Waals surface area contributed by atoms with E-state index in [1.165, 1.54) is 55.3 Å². The van der Waals surface area contributed by atoms with Gasteiger partial charge in [-0.3, -0.25) is 0 Å². The van der Waals surface area contributed by atoms with Crippen molar-refractivity contribution in [2.75, 3.05) is 0 Å². The number of hydrogen-bond donors (Lipinski definition) is 0. The maximum atomic E-state index is 2.37. The highest BCUT2D eigenvalue weighted by atomic mass is 15.0. The van der Waals surface area contributed by atoms with E-state index in [0.29, 0.717) is 0 Å². The van der Waals surface area contributed by atoms with E-state index < -0.39 is 0 Å². The van der Waals surface area contributed by atoms with Crippen molar-refractivity contribution in [1.82, 2.24) is 4.57 Å². The largest absolute Gasteiger partial charge is 0.309 e. The van der Waals surface area contributed by atoms with Gasteiger partial charge in [0.25, 0.3) is 0 Å². The Morgan fingerprint density at radius 2 is 1.38 bits per heavy atom. The van der Waals surface area contributed by atoms with Crippen LogP contribution >= 0.6 is 0 Å². The van der Waals surface area contributed by atoms with Gasteiger partial charge in [-0.05, 0) is 78.4 Å². The molecular weight excluding hydrogens is 386 g/mol. The average molecular weight is 412 g/mol. The summed E-state index contributed by atoms with van der Waals surface area (Å²) < 4.78 is 2.37. The molecule has 0 aliphatic heterocycles. The smallest absolute Gasteiger partial charge is 0.0541 e. The molecule has 1 aliphatic rings. The van der Waals surface area contributed by atoms with Crippen LogP contribution in [-0.4, -0.2) is 4.57 Å². The summed E-state index contributed by atoms with van der Waals surface area (Å²) in [6.45, 7) is 2.19. The monoisotopic (exact) mass is 411 g/mol. The van der Waals surface area contributed by atoms with Crippen molar-refractivity contribution in [3.05, 3.63) is 120 Å². The molecule has 0 bridgehead atoms. The van der Waals surface area contributed by atoms with Gasteiger partial charge in [-0.25, -0.2) is 0 Å². The van der Waals surface area contributed by atoms with Crippen LogP contribution in [0.4, 0.5) is 0 Å². The van der Waals surface area contributed by atoms with Crippen molar-refractivity contribution in [2.24, 2.45) is 0 Å². The molecule has 1 aromatic heterocycles.